The van der Waals surface area contributed by atoms with Gasteiger partial charge in [-0.05, 0) is 55.7 Å². The van der Waals surface area contributed by atoms with Crippen LogP contribution in [0.5, 0.6) is 5.75 Å². The molecule has 3 rings (SSSR count). The number of nitrogens with zero attached hydrogens (tertiary/aromatic N) is 2. The zero-order valence-corrected chi connectivity index (χ0v) is 25.0. The molecule has 0 radical (unpaired) electrons. The van der Waals surface area contributed by atoms with Gasteiger partial charge < -0.3 is 15.0 Å². The summed E-state index contributed by atoms with van der Waals surface area (Å²) in [5.74, 6) is -0.271. The highest BCUT2D eigenvalue weighted by Gasteiger charge is 2.32. The summed E-state index contributed by atoms with van der Waals surface area (Å²) in [5, 5.41) is 3.07. The number of carbonyl (C=O) groups excluding carboxylic acids is 2. The summed E-state index contributed by atoms with van der Waals surface area (Å²) in [4.78, 5) is 28.4. The predicted octanol–water partition coefficient (Wildman–Crippen LogP) is 5.04. The van der Waals surface area contributed by atoms with Crippen LogP contribution in [0, 0.1) is 12.8 Å². The fraction of sp³-hybridized carbons (Fsp3) is 0.333. The number of anilines is 1. The summed E-state index contributed by atoms with van der Waals surface area (Å²) >= 11 is 6.35. The molecule has 0 fully saturated rings. The Morgan fingerprint density at radius 2 is 1.62 bits per heavy atom. The van der Waals surface area contributed by atoms with Crippen LogP contribution < -0.4 is 14.4 Å². The van der Waals surface area contributed by atoms with Crippen molar-refractivity contribution in [3.05, 3.63) is 88.9 Å². The number of sulfonamides is 1. The third kappa shape index (κ3) is 7.76. The molecule has 2 amide bonds. The fourth-order valence-electron chi connectivity index (χ4n) is 3.98. The zero-order valence-electron chi connectivity index (χ0n) is 23.4. The maximum absolute atomic E-state index is 14.0. The molecule has 3 aromatic rings. The molecule has 0 unspecified atom stereocenters. The Hall–Kier alpha value is -3.56. The number of hydrogen-bond acceptors (Lipinski definition) is 5. The average molecular weight is 586 g/mol. The summed E-state index contributed by atoms with van der Waals surface area (Å²) < 4.78 is 33.9. The molecular formula is C30H36ClN3O5S. The zero-order chi connectivity index (χ0) is 29.4. The lowest BCUT2D eigenvalue weighted by atomic mass is 10.1. The van der Waals surface area contributed by atoms with E-state index in [4.69, 9.17) is 16.3 Å². The van der Waals surface area contributed by atoms with Gasteiger partial charge in [0.1, 0.15) is 18.3 Å². The molecule has 0 heterocycles. The van der Waals surface area contributed by atoms with Crippen LogP contribution in [-0.4, -0.2) is 51.4 Å². The van der Waals surface area contributed by atoms with Gasteiger partial charge in [0, 0.05) is 13.1 Å². The first-order valence-electron chi connectivity index (χ1n) is 13.0. The Morgan fingerprint density at radius 3 is 2.20 bits per heavy atom. The maximum Gasteiger partial charge on any atom is 0.264 e. The number of carbonyl (C=O) groups is 2. The number of benzene rings is 3. The highest BCUT2D eigenvalue weighted by Crippen LogP contribution is 2.32. The summed E-state index contributed by atoms with van der Waals surface area (Å²) in [7, 11) is -2.72. The van der Waals surface area contributed by atoms with E-state index in [0.29, 0.717) is 12.3 Å². The van der Waals surface area contributed by atoms with Crippen molar-refractivity contribution < 1.29 is 22.7 Å². The van der Waals surface area contributed by atoms with E-state index in [-0.39, 0.29) is 34.0 Å². The first kappa shape index (κ1) is 31.0. The second-order valence-electron chi connectivity index (χ2n) is 9.97. The number of amides is 2. The minimum absolute atomic E-state index is 0.0163. The van der Waals surface area contributed by atoms with Crippen LogP contribution in [-0.2, 0) is 26.2 Å². The molecule has 0 aliphatic heterocycles. The molecule has 1 N–H and O–H groups in total. The van der Waals surface area contributed by atoms with Crippen LogP contribution in [0.4, 0.5) is 5.69 Å². The molecular weight excluding hydrogens is 550 g/mol. The molecule has 0 aromatic heterocycles. The van der Waals surface area contributed by atoms with Gasteiger partial charge in [-0.1, -0.05) is 73.5 Å². The van der Waals surface area contributed by atoms with E-state index in [9.17, 15) is 18.0 Å². The van der Waals surface area contributed by atoms with E-state index in [1.165, 1.54) is 36.3 Å². The summed E-state index contributed by atoms with van der Waals surface area (Å²) in [6.07, 6.45) is 0. The molecule has 0 saturated heterocycles. The van der Waals surface area contributed by atoms with Crippen molar-refractivity contribution in [2.24, 2.45) is 5.92 Å². The third-order valence-electron chi connectivity index (χ3n) is 6.36. The standard InChI is InChI=1S/C30H36ClN3O5S/c1-21(2)18-32-30(36)23(4)33(19-24-13-11-22(3)12-14-24)29(35)20-34(25-15-16-28(39-5)27(31)17-25)40(37,38)26-9-7-6-8-10-26/h6-17,21,23H,18-20H2,1-5H3,(H,32,36)/t23-/m1/s1. The van der Waals surface area contributed by atoms with Crippen LogP contribution in [0.1, 0.15) is 31.9 Å². The molecule has 0 spiro atoms. The van der Waals surface area contributed by atoms with Crippen LogP contribution >= 0.6 is 11.6 Å². The van der Waals surface area contributed by atoms with Crippen molar-refractivity contribution in [1.82, 2.24) is 10.2 Å². The number of methoxy groups -OCH3 is 1. The van der Waals surface area contributed by atoms with Gasteiger partial charge in [-0.25, -0.2) is 8.42 Å². The van der Waals surface area contributed by atoms with Gasteiger partial charge in [0.2, 0.25) is 11.8 Å². The number of halogens is 1. The normalized spacial score (nSPS) is 12.1. The molecule has 3 aromatic carbocycles. The molecule has 40 heavy (non-hydrogen) atoms. The summed E-state index contributed by atoms with van der Waals surface area (Å²) in [6, 6.07) is 19.1. The largest absolute Gasteiger partial charge is 0.495 e. The molecule has 0 aliphatic rings. The van der Waals surface area contributed by atoms with Crippen molar-refractivity contribution in [3.63, 3.8) is 0 Å². The molecule has 8 nitrogen and oxygen atoms in total. The van der Waals surface area contributed by atoms with Crippen LogP contribution in [0.25, 0.3) is 0 Å². The number of hydrogen-bond donors (Lipinski definition) is 1. The topological polar surface area (TPSA) is 96.0 Å². The van der Waals surface area contributed by atoms with E-state index in [0.717, 1.165) is 15.4 Å². The Morgan fingerprint density at radius 1 is 0.975 bits per heavy atom. The monoisotopic (exact) mass is 585 g/mol. The van der Waals surface area contributed by atoms with E-state index >= 15 is 0 Å². The van der Waals surface area contributed by atoms with Crippen molar-refractivity contribution in [2.45, 2.75) is 45.2 Å². The Kier molecular flexibility index (Phi) is 10.6. The number of ether oxygens (including phenoxy) is 1. The van der Waals surface area contributed by atoms with Crippen molar-refractivity contribution in [2.75, 3.05) is 24.5 Å². The van der Waals surface area contributed by atoms with E-state index in [1.807, 2.05) is 45.0 Å². The number of rotatable bonds is 12. The minimum Gasteiger partial charge on any atom is -0.495 e. The van der Waals surface area contributed by atoms with Crippen molar-refractivity contribution in [3.8, 4) is 5.75 Å². The molecule has 1 atom stereocenters. The molecule has 0 aliphatic carbocycles. The third-order valence-corrected chi connectivity index (χ3v) is 8.44. The van der Waals surface area contributed by atoms with Gasteiger partial charge in [0.05, 0.1) is 22.7 Å². The minimum atomic E-state index is -4.18. The summed E-state index contributed by atoms with van der Waals surface area (Å²) in [5.41, 5.74) is 2.06. The van der Waals surface area contributed by atoms with E-state index in [2.05, 4.69) is 5.32 Å². The Bertz CT molecular complexity index is 1410. The maximum atomic E-state index is 14.0. The lowest BCUT2D eigenvalue weighted by Crippen LogP contribution is -2.51. The lowest BCUT2D eigenvalue weighted by molar-refractivity contribution is -0.139. The fourth-order valence-corrected chi connectivity index (χ4v) is 5.66. The van der Waals surface area contributed by atoms with Crippen molar-refractivity contribution >= 4 is 39.1 Å². The van der Waals surface area contributed by atoms with Crippen LogP contribution in [0.15, 0.2) is 77.7 Å². The number of aryl methyl sites for hydroxylation is 1. The van der Waals surface area contributed by atoms with Gasteiger partial charge in [-0.2, -0.15) is 0 Å². The van der Waals surface area contributed by atoms with E-state index < -0.39 is 28.5 Å². The quantitative estimate of drug-likeness (QED) is 0.321. The van der Waals surface area contributed by atoms with Gasteiger partial charge in [-0.3, -0.25) is 13.9 Å². The van der Waals surface area contributed by atoms with E-state index in [1.54, 1.807) is 31.2 Å². The lowest BCUT2D eigenvalue weighted by Gasteiger charge is -2.32. The smallest absolute Gasteiger partial charge is 0.264 e. The summed E-state index contributed by atoms with van der Waals surface area (Å²) in [6.45, 7) is 7.59. The van der Waals surface area contributed by atoms with Gasteiger partial charge in [-0.15, -0.1) is 0 Å². The highest BCUT2D eigenvalue weighted by molar-refractivity contribution is 7.92. The van der Waals surface area contributed by atoms with Crippen LogP contribution in [0.2, 0.25) is 5.02 Å². The van der Waals surface area contributed by atoms with Gasteiger partial charge in [0.25, 0.3) is 10.0 Å². The molecule has 0 saturated carbocycles. The van der Waals surface area contributed by atoms with Gasteiger partial charge >= 0.3 is 0 Å². The van der Waals surface area contributed by atoms with Gasteiger partial charge in [0.15, 0.2) is 0 Å². The van der Waals surface area contributed by atoms with Crippen LogP contribution in [0.3, 0.4) is 0 Å². The Labute approximate surface area is 241 Å². The second-order valence-corrected chi connectivity index (χ2v) is 12.2. The first-order chi connectivity index (χ1) is 18.9. The first-order valence-corrected chi connectivity index (χ1v) is 14.8. The SMILES string of the molecule is COc1ccc(N(CC(=O)N(Cc2ccc(C)cc2)[C@H](C)C(=O)NCC(C)C)S(=O)(=O)c2ccccc2)cc1Cl. The number of nitrogens with one attached hydrogen (secondary N) is 1. The van der Waals surface area contributed by atoms with Crippen molar-refractivity contribution in [1.29, 1.82) is 0 Å². The average Bonchev–Trinajstić information content (AvgIpc) is 2.94. The second kappa shape index (κ2) is 13.7. The predicted molar refractivity (Wildman–Crippen MR) is 158 cm³/mol. The highest BCUT2D eigenvalue weighted by atomic mass is 35.5. The molecule has 0 bridgehead atoms. The molecule has 214 valence electrons. The molecule has 10 heteroatoms. The Balaban J connectivity index is 2.03.